The maximum atomic E-state index is 12.3. The van der Waals surface area contributed by atoms with Crippen LogP contribution in [0.5, 0.6) is 17.5 Å². The molecule has 0 amide bonds. The Morgan fingerprint density at radius 2 is 1.56 bits per heavy atom. The number of ether oxygens (including phenoxy) is 1. The number of aromatic hydroxyl groups is 2. The van der Waals surface area contributed by atoms with Crippen molar-refractivity contribution in [3.8, 4) is 17.5 Å². The van der Waals surface area contributed by atoms with Crippen molar-refractivity contribution in [2.24, 2.45) is 16.5 Å². The number of thioether (sulfide) groups is 1. The molecule has 0 bridgehead atoms. The van der Waals surface area contributed by atoms with Crippen molar-refractivity contribution in [3.63, 3.8) is 0 Å². The van der Waals surface area contributed by atoms with E-state index in [4.69, 9.17) is 16.2 Å². The smallest absolute Gasteiger partial charge is 0.343 e. The third-order valence-electron chi connectivity index (χ3n) is 4.62. The van der Waals surface area contributed by atoms with E-state index >= 15 is 0 Å². The largest absolute Gasteiger partial charge is 0.494 e. The van der Waals surface area contributed by atoms with Gasteiger partial charge in [-0.1, -0.05) is 6.42 Å². The summed E-state index contributed by atoms with van der Waals surface area (Å²) in [5.41, 5.74) is 11.6. The summed E-state index contributed by atoms with van der Waals surface area (Å²) in [5, 5.41) is 19.2. The first-order valence-electron chi connectivity index (χ1n) is 10.1. The first-order valence-corrected chi connectivity index (χ1v) is 11.1. The highest BCUT2D eigenvalue weighted by atomic mass is 32.2. The summed E-state index contributed by atoms with van der Waals surface area (Å²) in [5.74, 6) is 1.09. The number of nitrogens with zero attached hydrogens (tertiary/aromatic N) is 2. The average Bonchev–Trinajstić information content (AvgIpc) is 3.09. The number of aromatic nitrogens is 1. The Kier molecular flexibility index (Phi) is 8.04. The molecular formula is C23H26N4O4S. The molecule has 0 aliphatic rings. The first-order chi connectivity index (χ1) is 15.4. The first kappa shape index (κ1) is 23.1. The van der Waals surface area contributed by atoms with E-state index in [0.717, 1.165) is 29.9 Å². The van der Waals surface area contributed by atoms with Crippen LogP contribution in [0.4, 0.5) is 5.69 Å². The minimum Gasteiger partial charge on any atom is -0.494 e. The molecule has 6 N–H and O–H groups in total. The molecule has 0 radical (unpaired) electrons. The Bertz CT molecular complexity index is 1040. The van der Waals surface area contributed by atoms with Crippen LogP contribution in [-0.4, -0.2) is 32.5 Å². The topological polar surface area (TPSA) is 136 Å². The van der Waals surface area contributed by atoms with Crippen LogP contribution in [-0.2, 0) is 6.54 Å². The molecule has 0 aliphatic heterocycles. The molecule has 0 unspecified atom stereocenters. The molecule has 1 aromatic heterocycles. The maximum Gasteiger partial charge on any atom is 0.343 e. The summed E-state index contributed by atoms with van der Waals surface area (Å²) in [4.78, 5) is 17.3. The van der Waals surface area contributed by atoms with Gasteiger partial charge < -0.3 is 26.4 Å². The van der Waals surface area contributed by atoms with Gasteiger partial charge in [0, 0.05) is 23.6 Å². The number of nitrogens with two attached hydrogens (primary N) is 2. The third-order valence-corrected chi connectivity index (χ3v) is 5.72. The van der Waals surface area contributed by atoms with Crippen LogP contribution in [0.1, 0.15) is 29.6 Å². The molecule has 0 saturated carbocycles. The lowest BCUT2D eigenvalue weighted by Gasteiger charge is -2.07. The van der Waals surface area contributed by atoms with E-state index in [0.29, 0.717) is 23.5 Å². The van der Waals surface area contributed by atoms with Crippen LogP contribution < -0.4 is 16.2 Å². The fourth-order valence-corrected chi connectivity index (χ4v) is 3.92. The number of hydrogen-bond donors (Lipinski definition) is 4. The zero-order chi connectivity index (χ0) is 22.9. The van der Waals surface area contributed by atoms with Gasteiger partial charge in [-0.15, -0.1) is 11.8 Å². The van der Waals surface area contributed by atoms with Gasteiger partial charge >= 0.3 is 5.97 Å². The molecule has 3 aromatic rings. The van der Waals surface area contributed by atoms with E-state index < -0.39 is 5.97 Å². The van der Waals surface area contributed by atoms with E-state index in [-0.39, 0.29) is 17.7 Å². The molecule has 0 aliphatic carbocycles. The lowest BCUT2D eigenvalue weighted by Crippen LogP contribution is -2.21. The summed E-state index contributed by atoms with van der Waals surface area (Å²) in [7, 11) is 0. The van der Waals surface area contributed by atoms with E-state index in [1.807, 2.05) is 12.1 Å². The predicted molar refractivity (Wildman–Crippen MR) is 126 cm³/mol. The quantitative estimate of drug-likeness (QED) is 0.0908. The predicted octanol–water partition coefficient (Wildman–Crippen LogP) is 3.99. The third kappa shape index (κ3) is 6.71. The highest BCUT2D eigenvalue weighted by Crippen LogP contribution is 2.25. The molecule has 32 heavy (non-hydrogen) atoms. The monoisotopic (exact) mass is 454 g/mol. The number of carbonyl (C=O) groups is 1. The molecule has 9 heteroatoms. The molecular weight excluding hydrogens is 428 g/mol. The van der Waals surface area contributed by atoms with Gasteiger partial charge in [-0.3, -0.25) is 4.57 Å². The molecule has 8 nitrogen and oxygen atoms in total. The minimum atomic E-state index is -0.457. The van der Waals surface area contributed by atoms with Crippen LogP contribution in [0.25, 0.3) is 0 Å². The zero-order valence-corrected chi connectivity index (χ0v) is 18.3. The van der Waals surface area contributed by atoms with Crippen LogP contribution in [0.2, 0.25) is 0 Å². The van der Waals surface area contributed by atoms with Crippen molar-refractivity contribution in [2.45, 2.75) is 30.7 Å². The van der Waals surface area contributed by atoms with Gasteiger partial charge in [-0.05, 0) is 67.1 Å². The maximum absolute atomic E-state index is 12.3. The van der Waals surface area contributed by atoms with Crippen LogP contribution in [0.15, 0.2) is 70.6 Å². The Balaban J connectivity index is 1.39. The van der Waals surface area contributed by atoms with Crippen LogP contribution in [0, 0.1) is 0 Å². The second-order valence-corrected chi connectivity index (χ2v) is 8.22. The zero-order valence-electron chi connectivity index (χ0n) is 17.5. The molecule has 2 aromatic carbocycles. The van der Waals surface area contributed by atoms with Gasteiger partial charge in [0.05, 0.1) is 11.3 Å². The summed E-state index contributed by atoms with van der Waals surface area (Å²) in [6, 6.07) is 16.8. The summed E-state index contributed by atoms with van der Waals surface area (Å²) < 4.78 is 6.90. The number of unbranched alkanes of at least 4 members (excludes halogenated alkanes) is 2. The molecule has 0 fully saturated rings. The standard InChI is InChI=1S/C23H26N4O4S/c24-23(25)26-17-6-4-16(5-7-17)22(30)31-18-8-10-19(11-9-18)32-15-3-1-2-14-27-20(28)12-13-21(27)29/h4-13,28-29H,1-3,14-15H2,(H4,24,25,26). The Morgan fingerprint density at radius 1 is 0.906 bits per heavy atom. The van der Waals surface area contributed by atoms with E-state index in [1.54, 1.807) is 48.2 Å². The second-order valence-electron chi connectivity index (χ2n) is 7.05. The van der Waals surface area contributed by atoms with Crippen molar-refractivity contribution in [1.82, 2.24) is 4.57 Å². The van der Waals surface area contributed by atoms with Gasteiger partial charge in [0.25, 0.3) is 0 Å². The van der Waals surface area contributed by atoms with E-state index in [1.165, 1.54) is 16.7 Å². The summed E-state index contributed by atoms with van der Waals surface area (Å²) in [6.45, 7) is 0.590. The average molecular weight is 455 g/mol. The number of rotatable bonds is 10. The van der Waals surface area contributed by atoms with Crippen LogP contribution >= 0.6 is 11.8 Å². The lowest BCUT2D eigenvalue weighted by molar-refractivity contribution is 0.0734. The highest BCUT2D eigenvalue weighted by Gasteiger charge is 2.09. The van der Waals surface area contributed by atoms with E-state index in [9.17, 15) is 15.0 Å². The Morgan fingerprint density at radius 3 is 2.19 bits per heavy atom. The minimum absolute atomic E-state index is 0.0456. The molecule has 0 spiro atoms. The van der Waals surface area contributed by atoms with Gasteiger partial charge in [0.1, 0.15) is 5.75 Å². The highest BCUT2D eigenvalue weighted by molar-refractivity contribution is 7.99. The molecule has 1 heterocycles. The summed E-state index contributed by atoms with van der Waals surface area (Å²) >= 11 is 1.73. The number of hydrogen-bond acceptors (Lipinski definition) is 6. The number of aliphatic imine (C=N–C) groups is 1. The normalized spacial score (nSPS) is 10.6. The van der Waals surface area contributed by atoms with Gasteiger partial charge in [-0.2, -0.15) is 0 Å². The van der Waals surface area contributed by atoms with E-state index in [2.05, 4.69) is 4.99 Å². The van der Waals surface area contributed by atoms with Crippen molar-refractivity contribution in [1.29, 1.82) is 0 Å². The molecule has 3 rings (SSSR count). The molecule has 0 saturated heterocycles. The number of guanidine groups is 1. The second kappa shape index (κ2) is 11.1. The summed E-state index contributed by atoms with van der Waals surface area (Å²) in [6.07, 6.45) is 2.87. The number of benzene rings is 2. The van der Waals surface area contributed by atoms with Gasteiger partial charge in [0.15, 0.2) is 17.7 Å². The van der Waals surface area contributed by atoms with Gasteiger partial charge in [0.2, 0.25) is 0 Å². The Labute approximate surface area is 190 Å². The lowest BCUT2D eigenvalue weighted by atomic mass is 10.2. The van der Waals surface area contributed by atoms with Crippen LogP contribution in [0.3, 0.4) is 0 Å². The molecule has 0 atom stereocenters. The van der Waals surface area contributed by atoms with Crippen molar-refractivity contribution < 1.29 is 19.7 Å². The number of carbonyl (C=O) groups excluding carboxylic acids is 1. The fourth-order valence-electron chi connectivity index (χ4n) is 3.01. The molecule has 168 valence electrons. The SMILES string of the molecule is NC(N)=Nc1ccc(C(=O)Oc2ccc(SCCCCCn3c(O)ccc3O)cc2)cc1. The van der Waals surface area contributed by atoms with Gasteiger partial charge in [-0.25, -0.2) is 9.79 Å². The number of esters is 1. The van der Waals surface area contributed by atoms with Crippen molar-refractivity contribution >= 4 is 29.4 Å². The fraction of sp³-hybridized carbons (Fsp3) is 0.217. The Hall–Kier alpha value is -3.59. The van der Waals surface area contributed by atoms with Crippen molar-refractivity contribution in [2.75, 3.05) is 5.75 Å². The van der Waals surface area contributed by atoms with Crippen molar-refractivity contribution in [3.05, 3.63) is 66.2 Å².